The van der Waals surface area contributed by atoms with Gasteiger partial charge in [0.2, 0.25) is 10.0 Å². The zero-order valence-electron chi connectivity index (χ0n) is 15.3. The van der Waals surface area contributed by atoms with E-state index in [1.54, 1.807) is 35.6 Å². The second-order valence-electron chi connectivity index (χ2n) is 6.45. The summed E-state index contributed by atoms with van der Waals surface area (Å²) >= 11 is 3.16. The highest BCUT2D eigenvalue weighted by Crippen LogP contribution is 2.39. The maximum absolute atomic E-state index is 12.6. The van der Waals surface area contributed by atoms with Gasteiger partial charge in [-0.2, -0.15) is 0 Å². The van der Waals surface area contributed by atoms with Gasteiger partial charge in [-0.05, 0) is 29.8 Å². The maximum Gasteiger partial charge on any atom is 0.265 e. The predicted octanol–water partition coefficient (Wildman–Crippen LogP) is 4.97. The van der Waals surface area contributed by atoms with Crippen LogP contribution < -0.4 is 10.0 Å². The van der Waals surface area contributed by atoms with Crippen molar-refractivity contribution in [2.75, 3.05) is 11.9 Å². The van der Waals surface area contributed by atoms with E-state index in [0.29, 0.717) is 16.1 Å². The second kappa shape index (κ2) is 8.08. The summed E-state index contributed by atoms with van der Waals surface area (Å²) in [5.41, 5.74) is 1.26. The SMILES string of the molecule is C=CCNS(=O)(=O)Cc1ccc(NC(=O)c2cc3sc4ccccc4c3s2)cc1. The molecule has 0 saturated heterocycles. The van der Waals surface area contributed by atoms with Crippen LogP contribution in [0.3, 0.4) is 0 Å². The molecule has 0 saturated carbocycles. The second-order valence-corrected chi connectivity index (χ2v) is 10.4. The molecule has 2 aromatic carbocycles. The number of carbonyl (C=O) groups excluding carboxylic acids is 1. The van der Waals surface area contributed by atoms with Gasteiger partial charge >= 0.3 is 0 Å². The fourth-order valence-electron chi connectivity index (χ4n) is 2.94. The molecule has 0 radical (unpaired) electrons. The minimum absolute atomic E-state index is 0.122. The predicted molar refractivity (Wildman–Crippen MR) is 122 cm³/mol. The van der Waals surface area contributed by atoms with Crippen LogP contribution in [-0.4, -0.2) is 20.9 Å². The van der Waals surface area contributed by atoms with Gasteiger partial charge < -0.3 is 5.32 Å². The molecule has 0 unspecified atom stereocenters. The lowest BCUT2D eigenvalue weighted by Crippen LogP contribution is -2.25. The lowest BCUT2D eigenvalue weighted by Gasteiger charge is -2.07. The molecule has 5 nitrogen and oxygen atoms in total. The van der Waals surface area contributed by atoms with E-state index in [4.69, 9.17) is 0 Å². The van der Waals surface area contributed by atoms with E-state index < -0.39 is 10.0 Å². The number of fused-ring (bicyclic) bond motifs is 3. The van der Waals surface area contributed by atoms with Gasteiger partial charge in [0, 0.05) is 27.0 Å². The van der Waals surface area contributed by atoms with Gasteiger partial charge in [-0.25, -0.2) is 13.1 Å². The monoisotopic (exact) mass is 442 g/mol. The molecule has 0 atom stereocenters. The highest BCUT2D eigenvalue weighted by Gasteiger charge is 2.15. The van der Waals surface area contributed by atoms with Gasteiger partial charge in [-0.1, -0.05) is 36.4 Å². The highest BCUT2D eigenvalue weighted by atomic mass is 32.2. The molecule has 4 rings (SSSR count). The molecule has 2 N–H and O–H groups in total. The molecule has 0 spiro atoms. The number of hydrogen-bond donors (Lipinski definition) is 2. The van der Waals surface area contributed by atoms with Crippen LogP contribution in [0, 0.1) is 0 Å². The third kappa shape index (κ3) is 4.40. The fourth-order valence-corrected chi connectivity index (χ4v) is 6.47. The Morgan fingerprint density at radius 2 is 1.79 bits per heavy atom. The van der Waals surface area contributed by atoms with Crippen molar-refractivity contribution in [3.8, 4) is 0 Å². The Morgan fingerprint density at radius 3 is 2.55 bits per heavy atom. The molecule has 4 aromatic rings. The van der Waals surface area contributed by atoms with Crippen LogP contribution in [0.2, 0.25) is 0 Å². The molecule has 0 aliphatic rings. The van der Waals surface area contributed by atoms with Crippen LogP contribution in [0.15, 0.2) is 67.3 Å². The first-order chi connectivity index (χ1) is 13.9. The topological polar surface area (TPSA) is 75.3 Å². The van der Waals surface area contributed by atoms with Crippen molar-refractivity contribution in [1.29, 1.82) is 0 Å². The Bertz CT molecular complexity index is 1300. The average molecular weight is 443 g/mol. The zero-order chi connectivity index (χ0) is 20.4. The Balaban J connectivity index is 1.47. The standard InChI is InChI=1S/C21H18N2O3S3/c1-2-11-22-29(25,26)13-14-7-9-15(10-8-14)23-21(24)19-12-18-20(28-19)16-5-3-4-6-17(16)27-18/h2-10,12,22H,1,11,13H2,(H,23,24). The summed E-state index contributed by atoms with van der Waals surface area (Å²) in [6.45, 7) is 3.69. The molecule has 0 fully saturated rings. The summed E-state index contributed by atoms with van der Waals surface area (Å²) < 4.78 is 29.8. The Morgan fingerprint density at radius 1 is 1.03 bits per heavy atom. The maximum atomic E-state index is 12.6. The summed E-state index contributed by atoms with van der Waals surface area (Å²) in [6.07, 6.45) is 1.49. The van der Waals surface area contributed by atoms with Gasteiger partial charge in [-0.3, -0.25) is 4.79 Å². The molecule has 8 heteroatoms. The molecular weight excluding hydrogens is 424 g/mol. The molecule has 0 bridgehead atoms. The molecule has 2 heterocycles. The average Bonchev–Trinajstić information content (AvgIpc) is 3.26. The number of anilines is 1. The number of hydrogen-bond acceptors (Lipinski definition) is 5. The van der Waals surface area contributed by atoms with E-state index >= 15 is 0 Å². The molecule has 0 aliphatic carbocycles. The third-order valence-corrected chi connectivity index (χ3v) is 8.02. The zero-order valence-corrected chi connectivity index (χ0v) is 17.8. The van der Waals surface area contributed by atoms with Crippen molar-refractivity contribution < 1.29 is 13.2 Å². The lowest BCUT2D eigenvalue weighted by molar-refractivity contribution is 0.103. The summed E-state index contributed by atoms with van der Waals surface area (Å²) in [4.78, 5) is 13.3. The van der Waals surface area contributed by atoms with Crippen molar-refractivity contribution in [3.63, 3.8) is 0 Å². The van der Waals surface area contributed by atoms with Gasteiger partial charge in [0.15, 0.2) is 0 Å². The van der Waals surface area contributed by atoms with E-state index in [-0.39, 0.29) is 18.2 Å². The van der Waals surface area contributed by atoms with Gasteiger partial charge in [0.25, 0.3) is 5.91 Å². The normalized spacial score (nSPS) is 11.7. The molecular formula is C21H18N2O3S3. The molecule has 148 valence electrons. The van der Waals surface area contributed by atoms with Crippen molar-refractivity contribution in [1.82, 2.24) is 4.72 Å². The van der Waals surface area contributed by atoms with Crippen LogP contribution >= 0.6 is 22.7 Å². The number of benzene rings is 2. The third-order valence-electron chi connectivity index (χ3n) is 4.29. The largest absolute Gasteiger partial charge is 0.321 e. The van der Waals surface area contributed by atoms with Crippen LogP contribution in [0.1, 0.15) is 15.2 Å². The first-order valence-electron chi connectivity index (χ1n) is 8.85. The first-order valence-corrected chi connectivity index (χ1v) is 12.1. The Labute approximate surface area is 176 Å². The van der Waals surface area contributed by atoms with Crippen molar-refractivity contribution >= 4 is 63.8 Å². The van der Waals surface area contributed by atoms with Gasteiger partial charge in [0.1, 0.15) is 0 Å². The number of sulfonamides is 1. The fraction of sp³-hybridized carbons (Fsp3) is 0.0952. The van der Waals surface area contributed by atoms with E-state index in [2.05, 4.69) is 28.8 Å². The van der Waals surface area contributed by atoms with Gasteiger partial charge in [0.05, 0.1) is 15.3 Å². The van der Waals surface area contributed by atoms with Crippen LogP contribution in [-0.2, 0) is 15.8 Å². The molecule has 2 aromatic heterocycles. The quantitative estimate of drug-likeness (QED) is 0.397. The first kappa shape index (κ1) is 19.8. The van der Waals surface area contributed by atoms with E-state index in [1.165, 1.54) is 27.5 Å². The van der Waals surface area contributed by atoms with Crippen LogP contribution in [0.4, 0.5) is 5.69 Å². The molecule has 29 heavy (non-hydrogen) atoms. The molecule has 0 aliphatic heterocycles. The minimum Gasteiger partial charge on any atom is -0.321 e. The van der Waals surface area contributed by atoms with E-state index in [1.807, 2.05) is 18.2 Å². The van der Waals surface area contributed by atoms with E-state index in [9.17, 15) is 13.2 Å². The number of rotatable bonds is 7. The van der Waals surface area contributed by atoms with Crippen LogP contribution in [0.5, 0.6) is 0 Å². The molecule has 1 amide bonds. The van der Waals surface area contributed by atoms with Gasteiger partial charge in [-0.15, -0.1) is 29.3 Å². The van der Waals surface area contributed by atoms with Crippen molar-refractivity contribution in [2.24, 2.45) is 0 Å². The summed E-state index contributed by atoms with van der Waals surface area (Å²) in [7, 11) is -3.41. The number of nitrogens with one attached hydrogen (secondary N) is 2. The summed E-state index contributed by atoms with van der Waals surface area (Å²) in [5, 5.41) is 4.05. The smallest absolute Gasteiger partial charge is 0.265 e. The number of carbonyl (C=O) groups is 1. The Hall–Kier alpha value is -2.52. The lowest BCUT2D eigenvalue weighted by atomic mass is 10.2. The van der Waals surface area contributed by atoms with Crippen molar-refractivity contribution in [3.05, 3.63) is 77.7 Å². The summed E-state index contributed by atoms with van der Waals surface area (Å²) in [6, 6.07) is 16.9. The van der Waals surface area contributed by atoms with Crippen LogP contribution in [0.25, 0.3) is 19.5 Å². The Kier molecular flexibility index (Phi) is 5.51. The van der Waals surface area contributed by atoms with Crippen molar-refractivity contribution in [2.45, 2.75) is 5.75 Å². The number of thiophene rings is 2. The highest BCUT2D eigenvalue weighted by molar-refractivity contribution is 7.88. The minimum atomic E-state index is -3.41. The van der Waals surface area contributed by atoms with E-state index in [0.717, 1.165) is 9.40 Å². The number of amides is 1. The summed E-state index contributed by atoms with van der Waals surface area (Å²) in [5.74, 6) is -0.293.